The van der Waals surface area contributed by atoms with Crippen LogP contribution in [0.5, 0.6) is 0 Å². The van der Waals surface area contributed by atoms with Gasteiger partial charge in [-0.15, -0.1) is 0 Å². The smallest absolute Gasteiger partial charge is 0.387 e. The van der Waals surface area contributed by atoms with Crippen LogP contribution in [0.25, 0.3) is 0 Å². The van der Waals surface area contributed by atoms with Crippen LogP contribution in [0.2, 0.25) is 10.0 Å². The number of amides is 1. The van der Waals surface area contributed by atoms with Gasteiger partial charge in [0.25, 0.3) is 0 Å². The highest BCUT2D eigenvalue weighted by Crippen LogP contribution is 2.23. The van der Waals surface area contributed by atoms with Crippen molar-refractivity contribution in [3.8, 4) is 0 Å². The molecule has 0 aromatic heterocycles. The van der Waals surface area contributed by atoms with E-state index in [9.17, 15) is 23.1 Å². The van der Waals surface area contributed by atoms with Crippen molar-refractivity contribution < 1.29 is 23.1 Å². The number of likely N-dealkylation sites (N-methyl/N-ethyl adjacent to an activating group) is 1. The van der Waals surface area contributed by atoms with Crippen LogP contribution in [0.4, 0.5) is 13.2 Å². The molecule has 27 heavy (non-hydrogen) atoms. The summed E-state index contributed by atoms with van der Waals surface area (Å²) in [7, 11) is 1.05. The third-order valence-electron chi connectivity index (χ3n) is 3.29. The Balaban J connectivity index is 2.67. The molecular weight excluding hydrogens is 408 g/mol. The fourth-order valence-electron chi connectivity index (χ4n) is 2.05. The molecule has 0 aliphatic carbocycles. The highest BCUT2D eigenvalue weighted by atomic mass is 35.5. The second-order valence-electron chi connectivity index (χ2n) is 5.66. The van der Waals surface area contributed by atoms with Crippen molar-refractivity contribution in [2.75, 3.05) is 33.2 Å². The maximum Gasteiger partial charge on any atom is 0.406 e. The van der Waals surface area contributed by atoms with Crippen molar-refractivity contribution in [1.82, 2.24) is 15.5 Å². The van der Waals surface area contributed by atoms with Gasteiger partial charge in [-0.25, -0.2) is 4.99 Å². The number of benzene rings is 1. The van der Waals surface area contributed by atoms with Gasteiger partial charge in [-0.05, 0) is 30.7 Å². The summed E-state index contributed by atoms with van der Waals surface area (Å²) in [5.74, 6) is -0.606. The minimum atomic E-state index is -4.47. The highest BCUT2D eigenvalue weighted by Gasteiger charge is 2.31. The van der Waals surface area contributed by atoms with E-state index in [1.165, 1.54) is 6.07 Å². The van der Waals surface area contributed by atoms with Crippen LogP contribution in [0.3, 0.4) is 0 Å². The summed E-state index contributed by atoms with van der Waals surface area (Å²) in [4.78, 5) is 16.2. The van der Waals surface area contributed by atoms with Crippen LogP contribution in [0, 0.1) is 0 Å². The Hall–Kier alpha value is -1.71. The first-order chi connectivity index (χ1) is 12.5. The van der Waals surface area contributed by atoms with E-state index in [2.05, 4.69) is 15.6 Å². The molecule has 1 rings (SSSR count). The standard InChI is InChI=1S/C16H21Cl2F3N4O2/c1-3-22-15(24-8-14(27)25(2)9-16(19,20)21)23-7-13(26)10-4-11(17)6-12(18)5-10/h4-6,13,26H,3,7-9H2,1-2H3,(H2,22,23,24). The maximum atomic E-state index is 12.3. The van der Waals surface area contributed by atoms with E-state index >= 15 is 0 Å². The zero-order valence-electron chi connectivity index (χ0n) is 14.8. The van der Waals surface area contributed by atoms with Crippen molar-refractivity contribution in [3.05, 3.63) is 33.8 Å². The summed E-state index contributed by atoms with van der Waals surface area (Å²) < 4.78 is 36.9. The molecule has 1 aromatic carbocycles. The third kappa shape index (κ3) is 9.16. The van der Waals surface area contributed by atoms with Gasteiger partial charge in [-0.3, -0.25) is 4.79 Å². The molecule has 0 bridgehead atoms. The molecule has 1 aromatic rings. The lowest BCUT2D eigenvalue weighted by atomic mass is 10.1. The molecule has 1 atom stereocenters. The van der Waals surface area contributed by atoms with Crippen molar-refractivity contribution >= 4 is 35.1 Å². The number of hydrogen-bond donors (Lipinski definition) is 3. The first kappa shape index (κ1) is 23.3. The molecule has 0 fully saturated rings. The lowest BCUT2D eigenvalue weighted by molar-refractivity contribution is -0.157. The Morgan fingerprint density at radius 3 is 2.37 bits per heavy atom. The minimum Gasteiger partial charge on any atom is -0.387 e. The maximum absolute atomic E-state index is 12.3. The molecule has 0 heterocycles. The fourth-order valence-corrected chi connectivity index (χ4v) is 2.59. The van der Waals surface area contributed by atoms with Crippen LogP contribution in [0.15, 0.2) is 23.2 Å². The van der Waals surface area contributed by atoms with E-state index < -0.39 is 31.3 Å². The van der Waals surface area contributed by atoms with Crippen molar-refractivity contribution in [2.45, 2.75) is 19.2 Å². The average molecular weight is 429 g/mol. The quantitative estimate of drug-likeness (QED) is 0.460. The number of aliphatic imine (C=N–C) groups is 1. The van der Waals surface area contributed by atoms with E-state index in [-0.39, 0.29) is 12.5 Å². The number of aliphatic hydroxyl groups is 1. The Labute approximate surface area is 165 Å². The van der Waals surface area contributed by atoms with Crippen molar-refractivity contribution in [3.63, 3.8) is 0 Å². The van der Waals surface area contributed by atoms with E-state index in [4.69, 9.17) is 23.2 Å². The SMILES string of the molecule is CCNC(=NCC(=O)N(C)CC(F)(F)F)NCC(O)c1cc(Cl)cc(Cl)c1. The molecule has 1 amide bonds. The van der Waals surface area contributed by atoms with Crippen molar-refractivity contribution in [2.24, 2.45) is 4.99 Å². The molecular formula is C16H21Cl2F3N4O2. The van der Waals surface area contributed by atoms with E-state index in [0.717, 1.165) is 7.05 Å². The zero-order chi connectivity index (χ0) is 20.6. The van der Waals surface area contributed by atoms with Gasteiger partial charge in [0.2, 0.25) is 5.91 Å². The van der Waals surface area contributed by atoms with Gasteiger partial charge < -0.3 is 20.6 Å². The molecule has 0 spiro atoms. The van der Waals surface area contributed by atoms with Crippen LogP contribution in [-0.2, 0) is 4.79 Å². The fraction of sp³-hybridized carbons (Fsp3) is 0.500. The van der Waals surface area contributed by atoms with Crippen molar-refractivity contribution in [1.29, 1.82) is 0 Å². The van der Waals surface area contributed by atoms with Gasteiger partial charge in [0.1, 0.15) is 13.1 Å². The summed E-state index contributed by atoms with van der Waals surface area (Å²) in [5.41, 5.74) is 0.483. The number of carbonyl (C=O) groups excluding carboxylic acids is 1. The monoisotopic (exact) mass is 428 g/mol. The summed E-state index contributed by atoms with van der Waals surface area (Å²) >= 11 is 11.8. The predicted octanol–water partition coefficient (Wildman–Crippen LogP) is 2.60. The molecule has 0 aliphatic rings. The van der Waals surface area contributed by atoms with Crippen LogP contribution >= 0.6 is 23.2 Å². The highest BCUT2D eigenvalue weighted by molar-refractivity contribution is 6.34. The topological polar surface area (TPSA) is 77.0 Å². The number of hydrogen-bond acceptors (Lipinski definition) is 3. The number of rotatable bonds is 7. The third-order valence-corrected chi connectivity index (χ3v) is 3.73. The number of nitrogens with zero attached hydrogens (tertiary/aromatic N) is 2. The van der Waals surface area contributed by atoms with Gasteiger partial charge in [-0.1, -0.05) is 23.2 Å². The van der Waals surface area contributed by atoms with Crippen LogP contribution in [-0.4, -0.2) is 61.3 Å². The summed E-state index contributed by atoms with van der Waals surface area (Å²) in [6.07, 6.45) is -5.44. The number of aliphatic hydroxyl groups excluding tert-OH is 1. The van der Waals surface area contributed by atoms with E-state index in [1.807, 2.05) is 0 Å². The number of halogens is 5. The molecule has 152 valence electrons. The molecule has 3 N–H and O–H groups in total. The number of nitrogens with one attached hydrogen (secondary N) is 2. The first-order valence-electron chi connectivity index (χ1n) is 7.98. The van der Waals surface area contributed by atoms with Gasteiger partial charge >= 0.3 is 6.18 Å². The van der Waals surface area contributed by atoms with Crippen LogP contribution in [0.1, 0.15) is 18.6 Å². The normalized spacial score (nSPS) is 13.3. The largest absolute Gasteiger partial charge is 0.406 e. The second-order valence-corrected chi connectivity index (χ2v) is 6.53. The lowest BCUT2D eigenvalue weighted by Gasteiger charge is -2.19. The Morgan fingerprint density at radius 2 is 1.85 bits per heavy atom. The number of guanidine groups is 1. The molecule has 6 nitrogen and oxygen atoms in total. The Kier molecular flexibility index (Phi) is 9.14. The van der Waals surface area contributed by atoms with Gasteiger partial charge in [0.05, 0.1) is 6.10 Å². The summed E-state index contributed by atoms with van der Waals surface area (Å²) in [6.45, 7) is 0.440. The lowest BCUT2D eigenvalue weighted by Crippen LogP contribution is -2.41. The molecule has 1 unspecified atom stereocenters. The molecule has 0 radical (unpaired) electrons. The number of carbonyl (C=O) groups is 1. The molecule has 11 heteroatoms. The summed E-state index contributed by atoms with van der Waals surface area (Å²) in [6, 6.07) is 4.64. The average Bonchev–Trinajstić information content (AvgIpc) is 2.54. The Morgan fingerprint density at radius 1 is 1.26 bits per heavy atom. The zero-order valence-corrected chi connectivity index (χ0v) is 16.3. The minimum absolute atomic E-state index is 0.0229. The summed E-state index contributed by atoms with van der Waals surface area (Å²) in [5, 5.41) is 16.6. The number of alkyl halides is 3. The van der Waals surface area contributed by atoms with E-state index in [1.54, 1.807) is 19.1 Å². The molecule has 0 aliphatic heterocycles. The molecule has 0 saturated carbocycles. The van der Waals surface area contributed by atoms with E-state index in [0.29, 0.717) is 27.1 Å². The van der Waals surface area contributed by atoms with Gasteiger partial charge in [0.15, 0.2) is 5.96 Å². The van der Waals surface area contributed by atoms with Crippen LogP contribution < -0.4 is 10.6 Å². The van der Waals surface area contributed by atoms with Gasteiger partial charge in [-0.2, -0.15) is 13.2 Å². The predicted molar refractivity (Wildman–Crippen MR) is 99.1 cm³/mol. The molecule has 0 saturated heterocycles. The Bertz CT molecular complexity index is 651. The first-order valence-corrected chi connectivity index (χ1v) is 8.74. The second kappa shape index (κ2) is 10.6. The van der Waals surface area contributed by atoms with Gasteiger partial charge in [0, 0.05) is 30.2 Å².